The van der Waals surface area contributed by atoms with Gasteiger partial charge in [-0.25, -0.2) is 0 Å². The van der Waals surface area contributed by atoms with E-state index in [2.05, 4.69) is 16.3 Å². The van der Waals surface area contributed by atoms with Gasteiger partial charge >= 0.3 is 0 Å². The predicted molar refractivity (Wildman–Crippen MR) is 77.2 cm³/mol. The molecular formula is C15H19N3O3. The molecule has 1 amide bonds. The van der Waals surface area contributed by atoms with Crippen molar-refractivity contribution in [2.45, 2.75) is 18.9 Å². The molecule has 0 radical (unpaired) electrons. The van der Waals surface area contributed by atoms with Gasteiger partial charge in [-0.2, -0.15) is 5.26 Å². The van der Waals surface area contributed by atoms with Gasteiger partial charge in [0, 0.05) is 25.2 Å². The fraction of sp³-hybridized carbons (Fsp3) is 0.467. The van der Waals surface area contributed by atoms with Crippen molar-refractivity contribution in [2.75, 3.05) is 26.7 Å². The van der Waals surface area contributed by atoms with Crippen LogP contribution in [0.5, 0.6) is 11.5 Å². The number of ether oxygens (including phenoxy) is 1. The molecule has 0 atom stereocenters. The van der Waals surface area contributed by atoms with Crippen LogP contribution in [-0.2, 0) is 0 Å². The summed E-state index contributed by atoms with van der Waals surface area (Å²) in [6, 6.07) is 6.82. The summed E-state index contributed by atoms with van der Waals surface area (Å²) < 4.78 is 4.99. The van der Waals surface area contributed by atoms with Crippen molar-refractivity contribution in [3.8, 4) is 17.6 Å². The highest BCUT2D eigenvalue weighted by molar-refractivity contribution is 5.97. The maximum atomic E-state index is 12.2. The summed E-state index contributed by atoms with van der Waals surface area (Å²) in [7, 11) is 1.50. The van der Waals surface area contributed by atoms with Gasteiger partial charge in [-0.15, -0.1) is 0 Å². The minimum absolute atomic E-state index is 0.0777. The lowest BCUT2D eigenvalue weighted by Crippen LogP contribution is -2.44. The first-order valence-electron chi connectivity index (χ1n) is 6.91. The van der Waals surface area contributed by atoms with E-state index in [0.717, 1.165) is 25.9 Å². The molecule has 6 nitrogen and oxygen atoms in total. The lowest BCUT2D eigenvalue weighted by Gasteiger charge is -2.30. The third-order valence-electron chi connectivity index (χ3n) is 3.67. The maximum absolute atomic E-state index is 12.2. The number of phenols is 1. The Morgan fingerprint density at radius 1 is 1.52 bits per heavy atom. The number of benzene rings is 1. The van der Waals surface area contributed by atoms with Crippen molar-refractivity contribution < 1.29 is 14.6 Å². The Morgan fingerprint density at radius 2 is 2.24 bits per heavy atom. The summed E-state index contributed by atoms with van der Waals surface area (Å²) in [5.74, 6) is 0.136. The zero-order chi connectivity index (χ0) is 15.2. The molecule has 1 heterocycles. The number of hydrogen-bond acceptors (Lipinski definition) is 5. The average Bonchev–Trinajstić information content (AvgIpc) is 2.49. The number of rotatable bonds is 4. The van der Waals surface area contributed by atoms with Crippen molar-refractivity contribution in [3.05, 3.63) is 23.8 Å². The van der Waals surface area contributed by atoms with Crippen LogP contribution in [0, 0.1) is 11.3 Å². The molecule has 2 N–H and O–H groups in total. The highest BCUT2D eigenvalue weighted by Crippen LogP contribution is 2.23. The number of methoxy groups -OCH3 is 1. The molecule has 1 aromatic rings. The number of amides is 1. The van der Waals surface area contributed by atoms with E-state index >= 15 is 0 Å². The summed E-state index contributed by atoms with van der Waals surface area (Å²) in [4.78, 5) is 14.2. The van der Waals surface area contributed by atoms with Crippen LogP contribution >= 0.6 is 0 Å². The molecule has 2 rings (SSSR count). The molecule has 0 aromatic heterocycles. The predicted octanol–water partition coefficient (Wildman–Crippen LogP) is 1.12. The van der Waals surface area contributed by atoms with Gasteiger partial charge in [-0.1, -0.05) is 0 Å². The summed E-state index contributed by atoms with van der Waals surface area (Å²) >= 11 is 0. The van der Waals surface area contributed by atoms with Gasteiger partial charge < -0.3 is 15.2 Å². The summed E-state index contributed by atoms with van der Waals surface area (Å²) in [5.41, 5.74) is 0.246. The van der Waals surface area contributed by atoms with Gasteiger partial charge in [0.05, 0.1) is 25.3 Å². The Hall–Kier alpha value is -2.26. The van der Waals surface area contributed by atoms with Gasteiger partial charge in [-0.3, -0.25) is 9.69 Å². The summed E-state index contributed by atoms with van der Waals surface area (Å²) in [6.45, 7) is 2.03. The molecule has 0 aliphatic carbocycles. The number of carbonyl (C=O) groups is 1. The molecule has 1 aliphatic heterocycles. The highest BCUT2D eigenvalue weighted by Gasteiger charge is 2.22. The first-order chi connectivity index (χ1) is 10.1. The maximum Gasteiger partial charge on any atom is 0.255 e. The number of piperidine rings is 1. The number of likely N-dealkylation sites (tertiary alicyclic amines) is 1. The quantitative estimate of drug-likeness (QED) is 0.811. The Bertz CT molecular complexity index is 546. The monoisotopic (exact) mass is 289 g/mol. The van der Waals surface area contributed by atoms with Crippen LogP contribution in [0.4, 0.5) is 0 Å². The number of phenolic OH excluding ortho intramolecular Hbond substituents is 1. The van der Waals surface area contributed by atoms with Crippen LogP contribution in [0.2, 0.25) is 0 Å². The molecular weight excluding hydrogens is 270 g/mol. The SMILES string of the molecule is COc1ccc(C(=O)NC2CCN(CC#N)CC2)c(O)c1. The van der Waals surface area contributed by atoms with Gasteiger partial charge in [0.2, 0.25) is 0 Å². The van der Waals surface area contributed by atoms with Crippen LogP contribution in [0.15, 0.2) is 18.2 Å². The average molecular weight is 289 g/mol. The van der Waals surface area contributed by atoms with Crippen molar-refractivity contribution in [3.63, 3.8) is 0 Å². The Balaban J connectivity index is 1.92. The highest BCUT2D eigenvalue weighted by atomic mass is 16.5. The van der Waals surface area contributed by atoms with Crippen LogP contribution < -0.4 is 10.1 Å². The minimum Gasteiger partial charge on any atom is -0.507 e. The number of nitrogens with one attached hydrogen (secondary N) is 1. The Labute approximate surface area is 123 Å². The van der Waals surface area contributed by atoms with Crippen molar-refractivity contribution >= 4 is 5.91 Å². The number of hydrogen-bond donors (Lipinski definition) is 2. The molecule has 0 spiro atoms. The third kappa shape index (κ3) is 3.86. The normalized spacial score (nSPS) is 16.2. The minimum atomic E-state index is -0.283. The van der Waals surface area contributed by atoms with E-state index in [1.54, 1.807) is 12.1 Å². The molecule has 0 bridgehead atoms. The zero-order valence-corrected chi connectivity index (χ0v) is 12.0. The molecule has 0 unspecified atom stereocenters. The van der Waals surface area contributed by atoms with Crippen molar-refractivity contribution in [1.29, 1.82) is 5.26 Å². The van der Waals surface area contributed by atoms with Crippen LogP contribution in [0.25, 0.3) is 0 Å². The van der Waals surface area contributed by atoms with E-state index in [1.165, 1.54) is 13.2 Å². The topological polar surface area (TPSA) is 85.6 Å². The summed E-state index contributed by atoms with van der Waals surface area (Å²) in [6.07, 6.45) is 1.62. The lowest BCUT2D eigenvalue weighted by atomic mass is 10.0. The van der Waals surface area contributed by atoms with Gasteiger partial charge in [-0.05, 0) is 25.0 Å². The van der Waals surface area contributed by atoms with E-state index in [1.807, 2.05) is 0 Å². The summed E-state index contributed by atoms with van der Waals surface area (Å²) in [5, 5.41) is 21.4. The number of nitrogens with zero attached hydrogens (tertiary/aromatic N) is 2. The molecule has 112 valence electrons. The van der Waals surface area contributed by atoms with Crippen molar-refractivity contribution in [1.82, 2.24) is 10.2 Å². The molecule has 1 aliphatic rings. The van der Waals surface area contributed by atoms with E-state index < -0.39 is 0 Å². The van der Waals surface area contributed by atoms with Gasteiger partial charge in [0.15, 0.2) is 0 Å². The smallest absolute Gasteiger partial charge is 0.255 e. The number of carbonyl (C=O) groups excluding carboxylic acids is 1. The fourth-order valence-corrected chi connectivity index (χ4v) is 2.43. The third-order valence-corrected chi connectivity index (χ3v) is 3.67. The van der Waals surface area contributed by atoms with Crippen molar-refractivity contribution in [2.24, 2.45) is 0 Å². The fourth-order valence-electron chi connectivity index (χ4n) is 2.43. The molecule has 6 heteroatoms. The zero-order valence-electron chi connectivity index (χ0n) is 12.0. The molecule has 1 aromatic carbocycles. The standard InChI is InChI=1S/C15H19N3O3/c1-21-12-2-3-13(14(19)10-12)15(20)17-11-4-7-18(8-5-11)9-6-16/h2-3,10-11,19H,4-5,7-9H2,1H3,(H,17,20). The Kier molecular flexibility index (Phi) is 5.01. The van der Waals surface area contributed by atoms with Gasteiger partial charge in [0.1, 0.15) is 11.5 Å². The first-order valence-corrected chi connectivity index (χ1v) is 6.91. The second-order valence-corrected chi connectivity index (χ2v) is 5.07. The van der Waals surface area contributed by atoms with E-state index in [-0.39, 0.29) is 23.3 Å². The molecule has 1 fully saturated rings. The van der Waals surface area contributed by atoms with Crippen LogP contribution in [-0.4, -0.2) is 48.7 Å². The molecule has 21 heavy (non-hydrogen) atoms. The molecule has 0 saturated carbocycles. The Morgan fingerprint density at radius 3 is 2.81 bits per heavy atom. The first kappa shape index (κ1) is 15.1. The number of nitriles is 1. The second kappa shape index (κ2) is 6.95. The van der Waals surface area contributed by atoms with E-state index in [9.17, 15) is 9.90 Å². The molecule has 1 saturated heterocycles. The van der Waals surface area contributed by atoms with Gasteiger partial charge in [0.25, 0.3) is 5.91 Å². The number of aromatic hydroxyl groups is 1. The van der Waals surface area contributed by atoms with E-state index in [0.29, 0.717) is 12.3 Å². The van der Waals surface area contributed by atoms with Crippen LogP contribution in [0.3, 0.4) is 0 Å². The largest absolute Gasteiger partial charge is 0.507 e. The van der Waals surface area contributed by atoms with E-state index in [4.69, 9.17) is 10.00 Å². The van der Waals surface area contributed by atoms with Crippen LogP contribution in [0.1, 0.15) is 23.2 Å². The lowest BCUT2D eigenvalue weighted by molar-refractivity contribution is 0.0911. The second-order valence-electron chi connectivity index (χ2n) is 5.07.